The quantitative estimate of drug-likeness (QED) is 0.881. The Morgan fingerprint density at radius 1 is 1.22 bits per heavy atom. The molecule has 0 radical (unpaired) electrons. The number of methoxy groups -OCH3 is 1. The summed E-state index contributed by atoms with van der Waals surface area (Å²) in [5.41, 5.74) is 4.13. The topological polar surface area (TPSA) is 21.3 Å². The van der Waals surface area contributed by atoms with Gasteiger partial charge in [-0.1, -0.05) is 26.0 Å². The Balaban J connectivity index is 2.37. The highest BCUT2D eigenvalue weighted by Crippen LogP contribution is 2.35. The second-order valence-corrected chi connectivity index (χ2v) is 5.64. The molecule has 1 aromatic rings. The molecule has 0 bridgehead atoms. The molecule has 18 heavy (non-hydrogen) atoms. The smallest absolute Gasteiger partial charge is 0.125 e. The van der Waals surface area contributed by atoms with Crippen LogP contribution in [0.15, 0.2) is 12.1 Å². The molecule has 1 aliphatic heterocycles. The molecule has 2 rings (SSSR count). The van der Waals surface area contributed by atoms with E-state index < -0.39 is 0 Å². The van der Waals surface area contributed by atoms with Gasteiger partial charge < -0.3 is 10.1 Å². The van der Waals surface area contributed by atoms with E-state index in [-0.39, 0.29) is 0 Å². The van der Waals surface area contributed by atoms with Gasteiger partial charge in [-0.05, 0) is 61.4 Å². The molecule has 0 atom stereocenters. The summed E-state index contributed by atoms with van der Waals surface area (Å²) in [4.78, 5) is 0. The van der Waals surface area contributed by atoms with E-state index in [1.54, 1.807) is 7.11 Å². The Morgan fingerprint density at radius 2 is 1.89 bits per heavy atom. The fraction of sp³-hybridized carbons (Fsp3) is 0.625. The van der Waals surface area contributed by atoms with Gasteiger partial charge in [0.1, 0.15) is 5.75 Å². The molecule has 1 aromatic carbocycles. The van der Waals surface area contributed by atoms with Crippen LogP contribution in [0.3, 0.4) is 0 Å². The largest absolute Gasteiger partial charge is 0.496 e. The van der Waals surface area contributed by atoms with E-state index in [1.165, 1.54) is 29.5 Å². The fourth-order valence-electron chi connectivity index (χ4n) is 2.93. The van der Waals surface area contributed by atoms with Crippen LogP contribution < -0.4 is 10.1 Å². The predicted octanol–water partition coefficient (Wildman–Crippen LogP) is 3.59. The number of nitrogens with one attached hydrogen (secondary N) is 1. The van der Waals surface area contributed by atoms with Crippen LogP contribution in [-0.4, -0.2) is 20.2 Å². The van der Waals surface area contributed by atoms with Crippen LogP contribution in [0.25, 0.3) is 0 Å². The van der Waals surface area contributed by atoms with Crippen molar-refractivity contribution >= 4 is 0 Å². The lowest BCUT2D eigenvalue weighted by Gasteiger charge is -2.25. The number of rotatable bonds is 3. The molecule has 2 heteroatoms. The first kappa shape index (κ1) is 13.4. The van der Waals surface area contributed by atoms with Gasteiger partial charge in [0, 0.05) is 0 Å². The standard InChI is InChI=1S/C16H25NO/c1-11(2)15-10-14(9-12(3)16(15)18-4)13-5-7-17-8-6-13/h9-11,13,17H,5-8H2,1-4H3. The molecular weight excluding hydrogens is 222 g/mol. The lowest BCUT2D eigenvalue weighted by atomic mass is 9.86. The second kappa shape index (κ2) is 5.75. The first-order valence-electron chi connectivity index (χ1n) is 7.02. The van der Waals surface area contributed by atoms with E-state index in [1.807, 2.05) is 0 Å². The highest BCUT2D eigenvalue weighted by Gasteiger charge is 2.19. The van der Waals surface area contributed by atoms with Gasteiger partial charge in [0.05, 0.1) is 7.11 Å². The molecule has 0 amide bonds. The Bertz CT molecular complexity index is 406. The van der Waals surface area contributed by atoms with E-state index in [0.717, 1.165) is 18.8 Å². The average molecular weight is 247 g/mol. The number of benzene rings is 1. The second-order valence-electron chi connectivity index (χ2n) is 5.64. The van der Waals surface area contributed by atoms with Crippen molar-refractivity contribution in [3.8, 4) is 5.75 Å². The van der Waals surface area contributed by atoms with Gasteiger partial charge in [0.15, 0.2) is 0 Å². The summed E-state index contributed by atoms with van der Waals surface area (Å²) in [6.45, 7) is 8.93. The van der Waals surface area contributed by atoms with Crippen molar-refractivity contribution in [2.24, 2.45) is 0 Å². The van der Waals surface area contributed by atoms with E-state index in [4.69, 9.17) is 4.74 Å². The molecule has 1 saturated heterocycles. The van der Waals surface area contributed by atoms with Crippen molar-refractivity contribution in [2.75, 3.05) is 20.2 Å². The SMILES string of the molecule is COc1c(C)cc(C2CCNCC2)cc1C(C)C. The van der Waals surface area contributed by atoms with Gasteiger partial charge in [-0.25, -0.2) is 0 Å². The first-order valence-corrected chi connectivity index (χ1v) is 7.02. The van der Waals surface area contributed by atoms with Crippen molar-refractivity contribution in [3.05, 3.63) is 28.8 Å². The summed E-state index contributed by atoms with van der Waals surface area (Å²) in [6, 6.07) is 4.69. The van der Waals surface area contributed by atoms with E-state index in [0.29, 0.717) is 11.8 Å². The lowest BCUT2D eigenvalue weighted by molar-refractivity contribution is 0.403. The number of piperidine rings is 1. The normalized spacial score (nSPS) is 17.2. The molecule has 1 N–H and O–H groups in total. The first-order chi connectivity index (χ1) is 8.63. The zero-order valence-electron chi connectivity index (χ0n) is 12.0. The van der Waals surface area contributed by atoms with E-state index in [9.17, 15) is 0 Å². The monoisotopic (exact) mass is 247 g/mol. The van der Waals surface area contributed by atoms with Crippen LogP contribution >= 0.6 is 0 Å². The minimum absolute atomic E-state index is 0.514. The van der Waals surface area contributed by atoms with Gasteiger partial charge in [-0.3, -0.25) is 0 Å². The molecule has 2 nitrogen and oxygen atoms in total. The highest BCUT2D eigenvalue weighted by atomic mass is 16.5. The van der Waals surface area contributed by atoms with Crippen LogP contribution in [0.5, 0.6) is 5.75 Å². The van der Waals surface area contributed by atoms with Gasteiger partial charge >= 0.3 is 0 Å². The summed E-state index contributed by atoms with van der Waals surface area (Å²) in [5, 5.41) is 3.43. The fourth-order valence-corrected chi connectivity index (χ4v) is 2.93. The zero-order valence-corrected chi connectivity index (χ0v) is 12.0. The van der Waals surface area contributed by atoms with Crippen LogP contribution in [0.4, 0.5) is 0 Å². The van der Waals surface area contributed by atoms with Gasteiger partial charge in [-0.15, -0.1) is 0 Å². The average Bonchev–Trinajstić information content (AvgIpc) is 2.38. The summed E-state index contributed by atoms with van der Waals surface area (Å²) in [5.74, 6) is 2.30. The molecule has 0 aliphatic carbocycles. The third-order valence-electron chi connectivity index (χ3n) is 3.96. The molecule has 0 saturated carbocycles. The Labute approximate surface area is 111 Å². The van der Waals surface area contributed by atoms with Gasteiger partial charge in [0.25, 0.3) is 0 Å². The van der Waals surface area contributed by atoms with E-state index >= 15 is 0 Å². The maximum Gasteiger partial charge on any atom is 0.125 e. The minimum Gasteiger partial charge on any atom is -0.496 e. The van der Waals surface area contributed by atoms with Crippen molar-refractivity contribution in [1.82, 2.24) is 5.32 Å². The van der Waals surface area contributed by atoms with Crippen LogP contribution in [0.2, 0.25) is 0 Å². The molecule has 0 unspecified atom stereocenters. The summed E-state index contributed by atoms with van der Waals surface area (Å²) in [6.07, 6.45) is 2.51. The third kappa shape index (κ3) is 2.69. The third-order valence-corrected chi connectivity index (χ3v) is 3.96. The van der Waals surface area contributed by atoms with Crippen LogP contribution in [0, 0.1) is 6.92 Å². The maximum atomic E-state index is 5.57. The molecule has 100 valence electrons. The van der Waals surface area contributed by atoms with Crippen molar-refractivity contribution in [1.29, 1.82) is 0 Å². The molecule has 1 aliphatic rings. The number of aryl methyl sites for hydroxylation is 1. The molecule has 1 fully saturated rings. The number of hydrogen-bond acceptors (Lipinski definition) is 2. The Kier molecular flexibility index (Phi) is 4.28. The predicted molar refractivity (Wildman–Crippen MR) is 76.7 cm³/mol. The van der Waals surface area contributed by atoms with Crippen LogP contribution in [0.1, 0.15) is 55.2 Å². The summed E-state index contributed by atoms with van der Waals surface area (Å²) in [7, 11) is 1.78. The van der Waals surface area contributed by atoms with Crippen molar-refractivity contribution in [2.45, 2.75) is 45.4 Å². The highest BCUT2D eigenvalue weighted by molar-refractivity contribution is 5.46. The van der Waals surface area contributed by atoms with Gasteiger partial charge in [-0.2, -0.15) is 0 Å². The zero-order chi connectivity index (χ0) is 13.1. The van der Waals surface area contributed by atoms with Crippen LogP contribution in [-0.2, 0) is 0 Å². The lowest BCUT2D eigenvalue weighted by Crippen LogP contribution is -2.26. The van der Waals surface area contributed by atoms with E-state index in [2.05, 4.69) is 38.2 Å². The number of hydrogen-bond donors (Lipinski definition) is 1. The summed E-state index contributed by atoms with van der Waals surface area (Å²) >= 11 is 0. The Morgan fingerprint density at radius 3 is 2.44 bits per heavy atom. The minimum atomic E-state index is 0.514. The molecular formula is C16H25NO. The maximum absolute atomic E-state index is 5.57. The molecule has 0 aromatic heterocycles. The molecule has 1 heterocycles. The van der Waals surface area contributed by atoms with Gasteiger partial charge in [0.2, 0.25) is 0 Å². The molecule has 0 spiro atoms. The van der Waals surface area contributed by atoms with Crippen molar-refractivity contribution < 1.29 is 4.74 Å². The summed E-state index contributed by atoms with van der Waals surface area (Å²) < 4.78 is 5.57. The Hall–Kier alpha value is -1.02. The van der Waals surface area contributed by atoms with Crippen molar-refractivity contribution in [3.63, 3.8) is 0 Å². The number of ether oxygens (including phenoxy) is 1.